The van der Waals surface area contributed by atoms with Crippen molar-refractivity contribution in [3.63, 3.8) is 0 Å². The summed E-state index contributed by atoms with van der Waals surface area (Å²) in [6, 6.07) is 12.7. The third kappa shape index (κ3) is 5.30. The van der Waals surface area contributed by atoms with Crippen LogP contribution in [0, 0.1) is 13.8 Å². The zero-order valence-electron chi connectivity index (χ0n) is 16.5. The first-order valence-electron chi connectivity index (χ1n) is 9.78. The van der Waals surface area contributed by atoms with Gasteiger partial charge in [0.1, 0.15) is 6.54 Å². The molecule has 1 heterocycles. The summed E-state index contributed by atoms with van der Waals surface area (Å²) in [5.41, 5.74) is 4.20. The molecule has 0 aliphatic heterocycles. The molecule has 0 spiro atoms. The van der Waals surface area contributed by atoms with Gasteiger partial charge in [-0.3, -0.25) is 9.59 Å². The van der Waals surface area contributed by atoms with Crippen molar-refractivity contribution in [1.29, 1.82) is 0 Å². The van der Waals surface area contributed by atoms with E-state index in [2.05, 4.69) is 41.1 Å². The van der Waals surface area contributed by atoms with Gasteiger partial charge in [-0.15, -0.1) is 0 Å². The molecule has 1 aliphatic rings. The van der Waals surface area contributed by atoms with Crippen molar-refractivity contribution in [2.45, 2.75) is 45.7 Å². The van der Waals surface area contributed by atoms with E-state index in [1.165, 1.54) is 5.56 Å². The Kier molecular flexibility index (Phi) is 6.11. The maximum Gasteiger partial charge on any atom is 0.275 e. The topological polar surface area (TPSA) is 55.5 Å². The molecule has 3 rings (SSSR count). The maximum absolute atomic E-state index is 12.8. The van der Waals surface area contributed by atoms with E-state index in [1.807, 2.05) is 26.1 Å². The highest BCUT2D eigenvalue weighted by atomic mass is 16.2. The van der Waals surface area contributed by atoms with Gasteiger partial charge in [-0.1, -0.05) is 30.3 Å². The smallest absolute Gasteiger partial charge is 0.275 e. The van der Waals surface area contributed by atoms with Crippen LogP contribution in [0.5, 0.6) is 0 Å². The molecule has 144 valence electrons. The van der Waals surface area contributed by atoms with E-state index in [1.54, 1.807) is 0 Å². The van der Waals surface area contributed by atoms with E-state index in [0.29, 0.717) is 19.1 Å². The number of hydrogen-bond donors (Lipinski definition) is 2. The molecular formula is C22H30N3O2+. The van der Waals surface area contributed by atoms with Crippen LogP contribution in [-0.4, -0.2) is 42.4 Å². The lowest BCUT2D eigenvalue weighted by atomic mass is 10.1. The molecule has 5 heteroatoms. The number of rotatable bonds is 9. The average Bonchev–Trinajstić information content (AvgIpc) is 3.38. The van der Waals surface area contributed by atoms with Crippen molar-refractivity contribution in [2.75, 3.05) is 20.1 Å². The SMILES string of the molecule is Cc1cc(C(=O)C[NH+](C)CC(=O)NC2CC2)c(C)n1CCc1ccccc1. The first-order valence-corrected chi connectivity index (χ1v) is 9.78. The lowest BCUT2D eigenvalue weighted by molar-refractivity contribution is -0.862. The molecule has 2 aromatic rings. The van der Waals surface area contributed by atoms with Crippen LogP contribution < -0.4 is 10.2 Å². The zero-order chi connectivity index (χ0) is 19.4. The summed E-state index contributed by atoms with van der Waals surface area (Å²) >= 11 is 0. The Morgan fingerprint density at radius 3 is 2.52 bits per heavy atom. The number of amides is 1. The van der Waals surface area contributed by atoms with E-state index < -0.39 is 0 Å². The molecule has 0 radical (unpaired) electrons. The minimum atomic E-state index is 0.0381. The predicted octanol–water partition coefficient (Wildman–Crippen LogP) is 1.32. The van der Waals surface area contributed by atoms with Crippen LogP contribution in [0.25, 0.3) is 0 Å². The summed E-state index contributed by atoms with van der Waals surface area (Å²) in [6.07, 6.45) is 3.11. The molecule has 1 aliphatic carbocycles. The number of nitrogens with one attached hydrogen (secondary N) is 2. The van der Waals surface area contributed by atoms with Crippen LogP contribution in [0.15, 0.2) is 36.4 Å². The van der Waals surface area contributed by atoms with Gasteiger partial charge in [-0.25, -0.2) is 0 Å². The number of ketones is 1. The molecule has 1 fully saturated rings. The van der Waals surface area contributed by atoms with Crippen molar-refractivity contribution in [1.82, 2.24) is 9.88 Å². The summed E-state index contributed by atoms with van der Waals surface area (Å²) in [5, 5.41) is 2.98. The fourth-order valence-corrected chi connectivity index (χ4v) is 3.53. The van der Waals surface area contributed by atoms with Gasteiger partial charge in [0.25, 0.3) is 5.91 Å². The number of benzene rings is 1. The standard InChI is InChI=1S/C22H29N3O2/c1-16-13-20(17(2)25(16)12-11-18-7-5-4-6-8-18)21(26)14-24(3)15-22(27)23-19-9-10-19/h4-8,13,19H,9-12,14-15H2,1-3H3,(H,23,27)/p+1. The normalized spacial score (nSPS) is 14.8. The molecule has 2 N–H and O–H groups in total. The molecule has 1 aromatic heterocycles. The number of carbonyl (C=O) groups excluding carboxylic acids is 2. The Labute approximate surface area is 161 Å². The third-order valence-corrected chi connectivity index (χ3v) is 5.21. The van der Waals surface area contributed by atoms with Gasteiger partial charge >= 0.3 is 0 Å². The fraction of sp³-hybridized carbons (Fsp3) is 0.455. The second kappa shape index (κ2) is 8.53. The maximum atomic E-state index is 12.8. The van der Waals surface area contributed by atoms with E-state index in [4.69, 9.17) is 0 Å². The van der Waals surface area contributed by atoms with Gasteiger partial charge in [-0.2, -0.15) is 0 Å². The largest absolute Gasteiger partial charge is 0.348 e. The van der Waals surface area contributed by atoms with Crippen molar-refractivity contribution in [3.05, 3.63) is 58.9 Å². The van der Waals surface area contributed by atoms with Gasteiger partial charge in [0.2, 0.25) is 5.78 Å². The first kappa shape index (κ1) is 19.4. The van der Waals surface area contributed by atoms with E-state index >= 15 is 0 Å². The molecule has 1 saturated carbocycles. The van der Waals surface area contributed by atoms with E-state index in [9.17, 15) is 9.59 Å². The average molecular weight is 369 g/mol. The molecule has 1 aromatic carbocycles. The number of Topliss-reactive ketones (excluding diaryl/α,β-unsaturated/α-hetero) is 1. The minimum Gasteiger partial charge on any atom is -0.348 e. The number of quaternary nitrogens is 1. The molecule has 5 nitrogen and oxygen atoms in total. The molecule has 27 heavy (non-hydrogen) atoms. The van der Waals surface area contributed by atoms with Crippen molar-refractivity contribution in [3.8, 4) is 0 Å². The molecular weight excluding hydrogens is 338 g/mol. The van der Waals surface area contributed by atoms with Gasteiger partial charge in [0.15, 0.2) is 6.54 Å². The summed E-state index contributed by atoms with van der Waals surface area (Å²) in [4.78, 5) is 25.6. The quantitative estimate of drug-likeness (QED) is 0.656. The number of aromatic nitrogens is 1. The van der Waals surface area contributed by atoms with Crippen molar-refractivity contribution < 1.29 is 14.5 Å². The number of carbonyl (C=O) groups is 2. The van der Waals surface area contributed by atoms with Crippen LogP contribution in [0.4, 0.5) is 0 Å². The summed E-state index contributed by atoms with van der Waals surface area (Å²) < 4.78 is 2.22. The van der Waals surface area contributed by atoms with Crippen LogP contribution in [-0.2, 0) is 17.8 Å². The van der Waals surface area contributed by atoms with E-state index in [-0.39, 0.29) is 11.7 Å². The van der Waals surface area contributed by atoms with Crippen LogP contribution in [0.1, 0.15) is 40.2 Å². The second-order valence-electron chi connectivity index (χ2n) is 7.75. The predicted molar refractivity (Wildman–Crippen MR) is 106 cm³/mol. The number of nitrogens with zero attached hydrogens (tertiary/aromatic N) is 1. The molecule has 1 unspecified atom stereocenters. The van der Waals surface area contributed by atoms with Crippen LogP contribution >= 0.6 is 0 Å². The Hall–Kier alpha value is -2.40. The molecule has 1 atom stereocenters. The lowest BCUT2D eigenvalue weighted by Gasteiger charge is -2.13. The Balaban J connectivity index is 1.58. The van der Waals surface area contributed by atoms with Gasteiger partial charge in [-0.05, 0) is 44.7 Å². The molecule has 1 amide bonds. The van der Waals surface area contributed by atoms with Gasteiger partial charge in [0.05, 0.1) is 7.05 Å². The summed E-state index contributed by atoms with van der Waals surface area (Å²) in [6.45, 7) is 5.60. The van der Waals surface area contributed by atoms with Gasteiger partial charge in [0, 0.05) is 29.5 Å². The second-order valence-corrected chi connectivity index (χ2v) is 7.75. The Morgan fingerprint density at radius 1 is 1.15 bits per heavy atom. The third-order valence-electron chi connectivity index (χ3n) is 5.21. The zero-order valence-corrected chi connectivity index (χ0v) is 16.5. The van der Waals surface area contributed by atoms with Crippen LogP contribution in [0.2, 0.25) is 0 Å². The summed E-state index contributed by atoms with van der Waals surface area (Å²) in [7, 11) is 1.90. The van der Waals surface area contributed by atoms with Gasteiger partial charge < -0.3 is 14.8 Å². The number of likely N-dealkylation sites (N-methyl/N-ethyl adjacent to an activating group) is 1. The lowest BCUT2D eigenvalue weighted by Crippen LogP contribution is -3.11. The summed E-state index contributed by atoms with van der Waals surface area (Å²) in [5.74, 6) is 0.141. The fourth-order valence-electron chi connectivity index (χ4n) is 3.53. The highest BCUT2D eigenvalue weighted by Gasteiger charge is 2.25. The van der Waals surface area contributed by atoms with Crippen molar-refractivity contribution >= 4 is 11.7 Å². The van der Waals surface area contributed by atoms with E-state index in [0.717, 1.165) is 47.7 Å². The Bertz CT molecular complexity index is 806. The van der Waals surface area contributed by atoms with Crippen molar-refractivity contribution in [2.24, 2.45) is 0 Å². The monoisotopic (exact) mass is 368 g/mol. The number of hydrogen-bond acceptors (Lipinski definition) is 2. The van der Waals surface area contributed by atoms with Crippen LogP contribution in [0.3, 0.4) is 0 Å². The first-order chi connectivity index (χ1) is 12.9. The molecule has 0 bridgehead atoms. The highest BCUT2D eigenvalue weighted by molar-refractivity contribution is 5.98. The number of aryl methyl sites for hydroxylation is 2. The Morgan fingerprint density at radius 2 is 1.85 bits per heavy atom. The molecule has 0 saturated heterocycles. The minimum absolute atomic E-state index is 0.0381. The highest BCUT2D eigenvalue weighted by Crippen LogP contribution is 2.18.